The summed E-state index contributed by atoms with van der Waals surface area (Å²) in [6.07, 6.45) is 11.3. The number of anilines is 1. The molecule has 1 amide bonds. The van der Waals surface area contributed by atoms with Crippen molar-refractivity contribution in [2.45, 2.75) is 65.7 Å². The summed E-state index contributed by atoms with van der Waals surface area (Å²) in [5, 5.41) is 0. The fourth-order valence-electron chi connectivity index (χ4n) is 4.53. The molecule has 6 nitrogen and oxygen atoms in total. The first-order valence-corrected chi connectivity index (χ1v) is 13.6. The van der Waals surface area contributed by atoms with Crippen LogP contribution in [0.2, 0.25) is 0 Å². The third-order valence-corrected chi connectivity index (χ3v) is 8.08. The molecule has 2 aliphatic heterocycles. The van der Waals surface area contributed by atoms with E-state index in [2.05, 4.69) is 18.7 Å². The molecule has 2 fully saturated rings. The standard InChI is InChI=1S/C26H34N4O2S2/c1-4-5-6-7-8-13-29-25(32)21(34-26(29)33)16-20-23(28-14-11-18(2)12-15-28)27-22-10-9-19(3)17-30(22)24(20)31/h9-10,16-18H,4-8,11-15H2,1-3H3. The maximum Gasteiger partial charge on any atom is 0.267 e. The largest absolute Gasteiger partial charge is 0.356 e. The first-order chi connectivity index (χ1) is 16.4. The van der Waals surface area contributed by atoms with E-state index in [1.165, 1.54) is 31.0 Å². The molecule has 0 unspecified atom stereocenters. The molecular weight excluding hydrogens is 464 g/mol. The van der Waals surface area contributed by atoms with Crippen molar-refractivity contribution in [2.24, 2.45) is 5.92 Å². The van der Waals surface area contributed by atoms with Crippen LogP contribution < -0.4 is 10.5 Å². The number of aryl methyl sites for hydroxylation is 1. The van der Waals surface area contributed by atoms with Crippen molar-refractivity contribution >= 4 is 51.7 Å². The summed E-state index contributed by atoms with van der Waals surface area (Å²) in [6, 6.07) is 3.85. The van der Waals surface area contributed by atoms with Crippen molar-refractivity contribution in [3.05, 3.63) is 44.7 Å². The molecule has 0 aliphatic carbocycles. The minimum Gasteiger partial charge on any atom is -0.356 e. The Balaban J connectivity index is 1.68. The number of carbonyl (C=O) groups excluding carboxylic acids is 1. The number of thiocarbonyl (C=S) groups is 1. The number of pyridine rings is 1. The number of fused-ring (bicyclic) bond motifs is 1. The van der Waals surface area contributed by atoms with E-state index in [4.69, 9.17) is 17.2 Å². The zero-order valence-electron chi connectivity index (χ0n) is 20.4. The smallest absolute Gasteiger partial charge is 0.267 e. The van der Waals surface area contributed by atoms with Crippen LogP contribution in [-0.2, 0) is 4.79 Å². The SMILES string of the molecule is CCCCCCCN1C(=O)C(=Cc2c(N3CCC(C)CC3)nc3ccc(C)cn3c2=O)SC1=S. The molecule has 0 spiro atoms. The van der Waals surface area contributed by atoms with Gasteiger partial charge in [0.15, 0.2) is 0 Å². The highest BCUT2D eigenvalue weighted by molar-refractivity contribution is 8.26. The van der Waals surface area contributed by atoms with Crippen LogP contribution in [0.15, 0.2) is 28.0 Å². The second-order valence-corrected chi connectivity index (χ2v) is 11.2. The topological polar surface area (TPSA) is 57.9 Å². The summed E-state index contributed by atoms with van der Waals surface area (Å²) < 4.78 is 2.16. The Labute approximate surface area is 211 Å². The van der Waals surface area contributed by atoms with Crippen LogP contribution in [0, 0.1) is 12.8 Å². The Morgan fingerprint density at radius 2 is 1.88 bits per heavy atom. The molecule has 0 radical (unpaired) electrons. The predicted octanol–water partition coefficient (Wildman–Crippen LogP) is 5.41. The quantitative estimate of drug-likeness (QED) is 0.276. The molecule has 4 heterocycles. The van der Waals surface area contributed by atoms with Crippen molar-refractivity contribution in [3.8, 4) is 0 Å². The van der Waals surface area contributed by atoms with Crippen LogP contribution in [0.1, 0.15) is 69.9 Å². The summed E-state index contributed by atoms with van der Waals surface area (Å²) in [7, 11) is 0. The van der Waals surface area contributed by atoms with Crippen LogP contribution in [0.4, 0.5) is 5.82 Å². The van der Waals surface area contributed by atoms with Gasteiger partial charge in [-0.15, -0.1) is 0 Å². The molecule has 0 aromatic carbocycles. The van der Waals surface area contributed by atoms with Crippen LogP contribution >= 0.6 is 24.0 Å². The van der Waals surface area contributed by atoms with Gasteiger partial charge in [0.1, 0.15) is 15.8 Å². The molecule has 2 aliphatic rings. The third kappa shape index (κ3) is 5.38. The van der Waals surface area contributed by atoms with Crippen molar-refractivity contribution in [3.63, 3.8) is 0 Å². The number of unbranched alkanes of at least 4 members (excludes halogenated alkanes) is 4. The first kappa shape index (κ1) is 24.9. The summed E-state index contributed by atoms with van der Waals surface area (Å²) in [5.74, 6) is 1.24. The number of hydrogen-bond acceptors (Lipinski definition) is 6. The molecule has 182 valence electrons. The second-order valence-electron chi connectivity index (χ2n) is 9.51. The summed E-state index contributed by atoms with van der Waals surface area (Å²) in [5.41, 5.74) is 1.94. The molecular formula is C26H34N4O2S2. The predicted molar refractivity (Wildman–Crippen MR) is 145 cm³/mol. The molecule has 0 atom stereocenters. The van der Waals surface area contributed by atoms with Gasteiger partial charge >= 0.3 is 0 Å². The summed E-state index contributed by atoms with van der Waals surface area (Å²) in [4.78, 5) is 36.1. The highest BCUT2D eigenvalue weighted by Gasteiger charge is 2.32. The fraction of sp³-hybridized carbons (Fsp3) is 0.538. The lowest BCUT2D eigenvalue weighted by molar-refractivity contribution is -0.122. The van der Waals surface area contributed by atoms with E-state index in [1.54, 1.807) is 15.4 Å². The molecule has 2 aromatic rings. The normalized spacial score (nSPS) is 18.6. The van der Waals surface area contributed by atoms with Crippen molar-refractivity contribution in [1.82, 2.24) is 14.3 Å². The van der Waals surface area contributed by atoms with Crippen molar-refractivity contribution < 1.29 is 4.79 Å². The highest BCUT2D eigenvalue weighted by Crippen LogP contribution is 2.34. The molecule has 0 N–H and O–H groups in total. The lowest BCUT2D eigenvalue weighted by atomic mass is 9.99. The van der Waals surface area contributed by atoms with Crippen LogP contribution in [-0.4, -0.2) is 44.1 Å². The minimum absolute atomic E-state index is 0.0996. The van der Waals surface area contributed by atoms with Gasteiger partial charge in [-0.25, -0.2) is 4.98 Å². The molecule has 8 heteroatoms. The molecule has 2 saturated heterocycles. The maximum absolute atomic E-state index is 13.6. The van der Waals surface area contributed by atoms with Gasteiger partial charge in [-0.3, -0.25) is 18.9 Å². The molecule has 2 aromatic heterocycles. The fourth-order valence-corrected chi connectivity index (χ4v) is 5.82. The van der Waals surface area contributed by atoms with E-state index in [0.717, 1.165) is 44.3 Å². The number of nitrogens with zero attached hydrogens (tertiary/aromatic N) is 4. The van der Waals surface area contributed by atoms with Gasteiger partial charge in [-0.2, -0.15) is 0 Å². The molecule has 0 saturated carbocycles. The van der Waals surface area contributed by atoms with E-state index < -0.39 is 0 Å². The van der Waals surface area contributed by atoms with Crippen LogP contribution in [0.5, 0.6) is 0 Å². The number of rotatable bonds is 8. The Morgan fingerprint density at radius 1 is 1.15 bits per heavy atom. The zero-order chi connectivity index (χ0) is 24.2. The van der Waals surface area contributed by atoms with Gasteiger partial charge in [0.05, 0.1) is 10.5 Å². The van der Waals surface area contributed by atoms with Gasteiger partial charge in [0.25, 0.3) is 11.5 Å². The third-order valence-electron chi connectivity index (χ3n) is 6.70. The lowest BCUT2D eigenvalue weighted by Crippen LogP contribution is -2.36. The van der Waals surface area contributed by atoms with E-state index >= 15 is 0 Å². The summed E-state index contributed by atoms with van der Waals surface area (Å²) in [6.45, 7) is 8.76. The monoisotopic (exact) mass is 498 g/mol. The van der Waals surface area contributed by atoms with Gasteiger partial charge in [-0.1, -0.05) is 69.6 Å². The number of aromatic nitrogens is 2. The van der Waals surface area contributed by atoms with E-state index in [-0.39, 0.29) is 11.5 Å². The number of hydrogen-bond donors (Lipinski definition) is 0. The van der Waals surface area contributed by atoms with Crippen molar-refractivity contribution in [2.75, 3.05) is 24.5 Å². The van der Waals surface area contributed by atoms with Gasteiger partial charge in [0.2, 0.25) is 0 Å². The second kappa shape index (κ2) is 11.0. The molecule has 4 rings (SSSR count). The van der Waals surface area contributed by atoms with Gasteiger partial charge in [0, 0.05) is 25.8 Å². The van der Waals surface area contributed by atoms with E-state index in [9.17, 15) is 9.59 Å². The zero-order valence-corrected chi connectivity index (χ0v) is 22.0. The molecule has 0 bridgehead atoms. The number of thioether (sulfide) groups is 1. The molecule has 34 heavy (non-hydrogen) atoms. The van der Waals surface area contributed by atoms with Crippen LogP contribution in [0.3, 0.4) is 0 Å². The van der Waals surface area contributed by atoms with Gasteiger partial charge in [-0.05, 0) is 49.8 Å². The van der Waals surface area contributed by atoms with Crippen molar-refractivity contribution in [1.29, 1.82) is 0 Å². The van der Waals surface area contributed by atoms with E-state index in [1.807, 2.05) is 25.3 Å². The Hall–Kier alpha value is -2.19. The number of piperidine rings is 1. The Morgan fingerprint density at radius 3 is 2.62 bits per heavy atom. The van der Waals surface area contributed by atoms with E-state index in [0.29, 0.717) is 38.7 Å². The average molecular weight is 499 g/mol. The maximum atomic E-state index is 13.6. The minimum atomic E-state index is -0.146. The Kier molecular flexibility index (Phi) is 8.09. The lowest BCUT2D eigenvalue weighted by Gasteiger charge is -2.32. The number of carbonyl (C=O) groups is 1. The van der Waals surface area contributed by atoms with Crippen LogP contribution in [0.25, 0.3) is 11.7 Å². The Bertz CT molecular complexity index is 1170. The number of amides is 1. The van der Waals surface area contributed by atoms with Gasteiger partial charge < -0.3 is 4.90 Å². The summed E-state index contributed by atoms with van der Waals surface area (Å²) >= 11 is 6.82. The first-order valence-electron chi connectivity index (χ1n) is 12.4. The average Bonchev–Trinajstić information content (AvgIpc) is 3.09. The highest BCUT2D eigenvalue weighted by atomic mass is 32.2.